The van der Waals surface area contributed by atoms with Crippen molar-refractivity contribution in [2.45, 2.75) is 19.8 Å². The third kappa shape index (κ3) is 0.814. The summed E-state index contributed by atoms with van der Waals surface area (Å²) in [5.74, 6) is -0.746. The minimum Gasteiger partial charge on any atom is -0.481 e. The number of aliphatic carboxylic acids is 1. The highest BCUT2D eigenvalue weighted by molar-refractivity contribution is 5.78. The average Bonchev–Trinajstić information content (AvgIpc) is 2.62. The van der Waals surface area contributed by atoms with Gasteiger partial charge in [0, 0.05) is 6.61 Å². The van der Waals surface area contributed by atoms with Gasteiger partial charge in [-0.05, 0) is 18.8 Å². The molecule has 10 heavy (non-hydrogen) atoms. The Bertz CT molecular complexity index is 155. The van der Waals surface area contributed by atoms with Gasteiger partial charge in [0.25, 0.3) is 0 Å². The molecule has 3 heteroatoms. The van der Waals surface area contributed by atoms with Crippen LogP contribution in [0.25, 0.3) is 0 Å². The number of rotatable bonds is 3. The van der Waals surface area contributed by atoms with Crippen LogP contribution >= 0.6 is 0 Å². The Labute approximate surface area is 59.7 Å². The molecular formula is C7H12O3. The van der Waals surface area contributed by atoms with Crippen molar-refractivity contribution in [3.05, 3.63) is 0 Å². The summed E-state index contributed by atoms with van der Waals surface area (Å²) in [6.45, 7) is 1.86. The second-order valence-corrected chi connectivity index (χ2v) is 2.90. The Morgan fingerprint density at radius 2 is 2.40 bits per heavy atom. The molecule has 0 aromatic carbocycles. The van der Waals surface area contributed by atoms with E-state index in [0.29, 0.717) is 12.8 Å². The molecule has 1 fully saturated rings. The zero-order chi connectivity index (χ0) is 7.78. The van der Waals surface area contributed by atoms with E-state index < -0.39 is 11.4 Å². The Kier molecular flexibility index (Phi) is 1.68. The lowest BCUT2D eigenvalue weighted by atomic mass is 10.0. The third-order valence-electron chi connectivity index (χ3n) is 2.51. The molecule has 1 aliphatic rings. The van der Waals surface area contributed by atoms with E-state index in [0.717, 1.165) is 0 Å². The van der Waals surface area contributed by atoms with Crippen molar-refractivity contribution in [3.8, 4) is 0 Å². The highest BCUT2D eigenvalue weighted by Crippen LogP contribution is 2.54. The van der Waals surface area contributed by atoms with Crippen LogP contribution in [0.1, 0.15) is 19.8 Å². The Balaban J connectivity index is 2.59. The standard InChI is InChI=1S/C7H12O3/c1-2-7(6(9)10)3-5(7)4-8/h5,8H,2-4H2,1H3,(H,9,10). The lowest BCUT2D eigenvalue weighted by molar-refractivity contribution is -0.144. The number of hydrogen-bond donors (Lipinski definition) is 2. The largest absolute Gasteiger partial charge is 0.481 e. The lowest BCUT2D eigenvalue weighted by Gasteiger charge is -2.05. The summed E-state index contributed by atoms with van der Waals surface area (Å²) in [5, 5.41) is 17.4. The maximum Gasteiger partial charge on any atom is 0.310 e. The molecule has 0 aliphatic heterocycles. The molecule has 3 nitrogen and oxygen atoms in total. The number of aliphatic hydroxyl groups is 1. The molecule has 0 radical (unpaired) electrons. The number of carbonyl (C=O) groups is 1. The molecule has 1 aliphatic carbocycles. The topological polar surface area (TPSA) is 57.5 Å². The van der Waals surface area contributed by atoms with Crippen LogP contribution in [-0.2, 0) is 4.79 Å². The molecule has 0 aromatic rings. The number of hydrogen-bond acceptors (Lipinski definition) is 2. The van der Waals surface area contributed by atoms with E-state index in [1.807, 2.05) is 6.92 Å². The van der Waals surface area contributed by atoms with E-state index >= 15 is 0 Å². The smallest absolute Gasteiger partial charge is 0.310 e. The first kappa shape index (κ1) is 7.54. The predicted octanol–water partition coefficient (Wildman–Crippen LogP) is 0.480. The zero-order valence-corrected chi connectivity index (χ0v) is 6.00. The van der Waals surface area contributed by atoms with Gasteiger partial charge in [0.1, 0.15) is 0 Å². The monoisotopic (exact) mass is 144 g/mol. The second kappa shape index (κ2) is 2.23. The van der Waals surface area contributed by atoms with Gasteiger partial charge in [-0.2, -0.15) is 0 Å². The van der Waals surface area contributed by atoms with Crippen LogP contribution < -0.4 is 0 Å². The van der Waals surface area contributed by atoms with Gasteiger partial charge in [0.2, 0.25) is 0 Å². The first-order chi connectivity index (χ1) is 4.67. The third-order valence-corrected chi connectivity index (χ3v) is 2.51. The van der Waals surface area contributed by atoms with E-state index in [9.17, 15) is 4.79 Å². The maximum atomic E-state index is 10.6. The fourth-order valence-electron chi connectivity index (χ4n) is 1.47. The van der Waals surface area contributed by atoms with Crippen molar-refractivity contribution >= 4 is 5.97 Å². The summed E-state index contributed by atoms with van der Waals surface area (Å²) in [4.78, 5) is 10.6. The van der Waals surface area contributed by atoms with Crippen molar-refractivity contribution in [2.75, 3.05) is 6.61 Å². The van der Waals surface area contributed by atoms with Crippen LogP contribution in [0.15, 0.2) is 0 Å². The van der Waals surface area contributed by atoms with Crippen LogP contribution in [0.2, 0.25) is 0 Å². The zero-order valence-electron chi connectivity index (χ0n) is 6.00. The van der Waals surface area contributed by atoms with Crippen LogP contribution in [0, 0.1) is 11.3 Å². The quantitative estimate of drug-likeness (QED) is 0.605. The van der Waals surface area contributed by atoms with Gasteiger partial charge in [0.05, 0.1) is 5.41 Å². The highest BCUT2D eigenvalue weighted by Gasteiger charge is 2.58. The van der Waals surface area contributed by atoms with Gasteiger partial charge in [-0.15, -0.1) is 0 Å². The minimum atomic E-state index is -0.756. The minimum absolute atomic E-state index is 0.00926. The summed E-state index contributed by atoms with van der Waals surface area (Å²) < 4.78 is 0. The molecule has 0 spiro atoms. The fraction of sp³-hybridized carbons (Fsp3) is 0.857. The molecule has 1 saturated carbocycles. The van der Waals surface area contributed by atoms with Crippen LogP contribution in [0.4, 0.5) is 0 Å². The van der Waals surface area contributed by atoms with Gasteiger partial charge in [0.15, 0.2) is 0 Å². The highest BCUT2D eigenvalue weighted by atomic mass is 16.4. The summed E-state index contributed by atoms with van der Waals surface area (Å²) in [7, 11) is 0. The van der Waals surface area contributed by atoms with Crippen LogP contribution in [0.5, 0.6) is 0 Å². The Morgan fingerprint density at radius 1 is 1.80 bits per heavy atom. The number of aliphatic hydroxyl groups excluding tert-OH is 1. The summed E-state index contributed by atoms with van der Waals surface area (Å²) >= 11 is 0. The molecule has 2 N–H and O–H groups in total. The van der Waals surface area contributed by atoms with Crippen LogP contribution in [0.3, 0.4) is 0 Å². The first-order valence-corrected chi connectivity index (χ1v) is 3.51. The second-order valence-electron chi connectivity index (χ2n) is 2.90. The van der Waals surface area contributed by atoms with Crippen molar-refractivity contribution < 1.29 is 15.0 Å². The normalized spacial score (nSPS) is 37.6. The average molecular weight is 144 g/mol. The molecule has 1 rings (SSSR count). The lowest BCUT2D eigenvalue weighted by Crippen LogP contribution is -2.17. The van der Waals surface area contributed by atoms with E-state index in [1.54, 1.807) is 0 Å². The number of carboxylic acid groups (broad SMARTS) is 1. The van der Waals surface area contributed by atoms with E-state index in [2.05, 4.69) is 0 Å². The van der Waals surface area contributed by atoms with Gasteiger partial charge in [-0.3, -0.25) is 4.79 Å². The van der Waals surface area contributed by atoms with Gasteiger partial charge in [-0.1, -0.05) is 6.92 Å². The molecule has 0 bridgehead atoms. The molecule has 2 atom stereocenters. The Morgan fingerprint density at radius 3 is 2.50 bits per heavy atom. The maximum absolute atomic E-state index is 10.6. The molecule has 0 aromatic heterocycles. The molecule has 0 heterocycles. The Hall–Kier alpha value is -0.570. The molecule has 0 amide bonds. The van der Waals surface area contributed by atoms with Crippen molar-refractivity contribution in [3.63, 3.8) is 0 Å². The van der Waals surface area contributed by atoms with Gasteiger partial charge >= 0.3 is 5.97 Å². The van der Waals surface area contributed by atoms with Gasteiger partial charge < -0.3 is 10.2 Å². The summed E-state index contributed by atoms with van der Waals surface area (Å²) in [5.41, 5.74) is -0.575. The van der Waals surface area contributed by atoms with E-state index in [4.69, 9.17) is 10.2 Å². The molecular weight excluding hydrogens is 132 g/mol. The number of carboxylic acids is 1. The van der Waals surface area contributed by atoms with E-state index in [-0.39, 0.29) is 12.5 Å². The summed E-state index contributed by atoms with van der Waals surface area (Å²) in [6.07, 6.45) is 1.28. The predicted molar refractivity (Wildman–Crippen MR) is 35.6 cm³/mol. The van der Waals surface area contributed by atoms with Crippen molar-refractivity contribution in [1.82, 2.24) is 0 Å². The van der Waals surface area contributed by atoms with Crippen molar-refractivity contribution in [1.29, 1.82) is 0 Å². The molecule has 2 unspecified atom stereocenters. The SMILES string of the molecule is CCC1(C(=O)O)CC1CO. The van der Waals surface area contributed by atoms with Crippen LogP contribution in [-0.4, -0.2) is 22.8 Å². The van der Waals surface area contributed by atoms with Crippen molar-refractivity contribution in [2.24, 2.45) is 11.3 Å². The molecule has 0 saturated heterocycles. The first-order valence-electron chi connectivity index (χ1n) is 3.51. The van der Waals surface area contributed by atoms with Gasteiger partial charge in [-0.25, -0.2) is 0 Å². The van der Waals surface area contributed by atoms with E-state index in [1.165, 1.54) is 0 Å². The summed E-state index contributed by atoms with van der Waals surface area (Å²) in [6, 6.07) is 0. The fourth-order valence-corrected chi connectivity index (χ4v) is 1.47. The molecule has 58 valence electrons.